The van der Waals surface area contributed by atoms with Crippen molar-refractivity contribution in [3.63, 3.8) is 0 Å². The molecule has 0 radical (unpaired) electrons. The van der Waals surface area contributed by atoms with Crippen LogP contribution in [0.1, 0.15) is 52.4 Å². The molecule has 0 aliphatic carbocycles. The van der Waals surface area contributed by atoms with E-state index in [4.69, 9.17) is 4.74 Å². The fourth-order valence-corrected chi connectivity index (χ4v) is 2.91. The van der Waals surface area contributed by atoms with Gasteiger partial charge in [-0.25, -0.2) is 8.42 Å². The SMILES string of the molecule is CCNC(c1c(OC)cnn1C(C)C)C(C)(C)S(C)(=O)=O. The fraction of sp³-hybridized carbons (Fsp3) is 0.786. The summed E-state index contributed by atoms with van der Waals surface area (Å²) >= 11 is 0. The van der Waals surface area contributed by atoms with E-state index in [-0.39, 0.29) is 6.04 Å². The summed E-state index contributed by atoms with van der Waals surface area (Å²) in [6.07, 6.45) is 2.90. The predicted octanol–water partition coefficient (Wildman–Crippen LogP) is 1.95. The number of ether oxygens (including phenoxy) is 1. The Morgan fingerprint density at radius 3 is 2.38 bits per heavy atom. The van der Waals surface area contributed by atoms with Crippen LogP contribution in [-0.4, -0.2) is 42.9 Å². The van der Waals surface area contributed by atoms with Crippen molar-refractivity contribution in [1.29, 1.82) is 0 Å². The molecule has 21 heavy (non-hydrogen) atoms. The van der Waals surface area contributed by atoms with Gasteiger partial charge in [0.2, 0.25) is 0 Å². The molecule has 6 nitrogen and oxygen atoms in total. The van der Waals surface area contributed by atoms with Crippen molar-refractivity contribution < 1.29 is 13.2 Å². The smallest absolute Gasteiger partial charge is 0.161 e. The third-order valence-electron chi connectivity index (χ3n) is 3.84. The predicted molar refractivity (Wildman–Crippen MR) is 84.5 cm³/mol. The average molecular weight is 317 g/mol. The Morgan fingerprint density at radius 2 is 2.00 bits per heavy atom. The van der Waals surface area contributed by atoms with Crippen molar-refractivity contribution >= 4 is 9.84 Å². The van der Waals surface area contributed by atoms with Gasteiger partial charge in [-0.05, 0) is 34.2 Å². The molecule has 0 saturated heterocycles. The molecule has 7 heteroatoms. The standard InChI is InChI=1S/C14H27N3O3S/c1-8-15-13(14(4,5)21(7,18)19)12-11(20-6)9-16-17(12)10(2)3/h9-10,13,15H,8H2,1-7H3. The number of hydrogen-bond acceptors (Lipinski definition) is 5. The molecule has 0 aliphatic heterocycles. The van der Waals surface area contributed by atoms with Crippen molar-refractivity contribution in [2.24, 2.45) is 0 Å². The van der Waals surface area contributed by atoms with Crippen LogP contribution in [0.15, 0.2) is 6.20 Å². The fourth-order valence-electron chi connectivity index (χ4n) is 2.29. The van der Waals surface area contributed by atoms with Crippen LogP contribution in [0.5, 0.6) is 5.75 Å². The summed E-state index contributed by atoms with van der Waals surface area (Å²) in [6.45, 7) is 10.1. The zero-order valence-electron chi connectivity index (χ0n) is 14.0. The van der Waals surface area contributed by atoms with Crippen LogP contribution in [0.3, 0.4) is 0 Å². The van der Waals surface area contributed by atoms with Gasteiger partial charge in [-0.3, -0.25) is 4.68 Å². The van der Waals surface area contributed by atoms with Crippen LogP contribution >= 0.6 is 0 Å². The van der Waals surface area contributed by atoms with Gasteiger partial charge >= 0.3 is 0 Å². The van der Waals surface area contributed by atoms with Crippen LogP contribution in [0.25, 0.3) is 0 Å². The largest absolute Gasteiger partial charge is 0.493 e. The van der Waals surface area contributed by atoms with Gasteiger partial charge in [-0.2, -0.15) is 5.10 Å². The summed E-state index contributed by atoms with van der Waals surface area (Å²) < 4.78 is 30.7. The number of rotatable bonds is 7. The summed E-state index contributed by atoms with van der Waals surface area (Å²) in [5.74, 6) is 0.603. The molecular weight excluding hydrogens is 290 g/mol. The van der Waals surface area contributed by atoms with E-state index in [9.17, 15) is 8.42 Å². The van der Waals surface area contributed by atoms with Crippen molar-refractivity contribution in [3.8, 4) is 5.75 Å². The number of nitrogens with one attached hydrogen (secondary N) is 1. The van der Waals surface area contributed by atoms with E-state index in [0.717, 1.165) is 5.69 Å². The summed E-state index contributed by atoms with van der Waals surface area (Å²) in [7, 11) is -1.71. The lowest BCUT2D eigenvalue weighted by Gasteiger charge is -2.34. The Kier molecular flexibility index (Phi) is 5.44. The lowest BCUT2D eigenvalue weighted by atomic mass is 9.98. The maximum Gasteiger partial charge on any atom is 0.161 e. The Morgan fingerprint density at radius 1 is 1.43 bits per heavy atom. The molecule has 0 amide bonds. The van der Waals surface area contributed by atoms with Gasteiger partial charge in [0.25, 0.3) is 0 Å². The molecular formula is C14H27N3O3S. The summed E-state index contributed by atoms with van der Waals surface area (Å²) in [5.41, 5.74) is 0.768. The second kappa shape index (κ2) is 6.36. The lowest BCUT2D eigenvalue weighted by Crippen LogP contribution is -2.46. The highest BCUT2D eigenvalue weighted by Gasteiger charge is 2.43. The first-order chi connectivity index (χ1) is 9.57. The van der Waals surface area contributed by atoms with Crippen LogP contribution < -0.4 is 10.1 Å². The Balaban J connectivity index is 3.52. The molecule has 0 saturated carbocycles. The molecule has 122 valence electrons. The summed E-state index contributed by atoms with van der Waals surface area (Å²) in [6, 6.07) is -0.294. The minimum atomic E-state index is -3.28. The zero-order valence-corrected chi connectivity index (χ0v) is 14.8. The van der Waals surface area contributed by atoms with E-state index < -0.39 is 20.6 Å². The van der Waals surface area contributed by atoms with E-state index >= 15 is 0 Å². The molecule has 1 aromatic rings. The third kappa shape index (κ3) is 3.40. The summed E-state index contributed by atoms with van der Waals surface area (Å²) in [4.78, 5) is 0. The van der Waals surface area contributed by atoms with E-state index in [2.05, 4.69) is 10.4 Å². The van der Waals surface area contributed by atoms with Crippen molar-refractivity contribution in [2.75, 3.05) is 19.9 Å². The molecule has 0 fully saturated rings. The first-order valence-electron chi connectivity index (χ1n) is 7.12. The quantitative estimate of drug-likeness (QED) is 0.832. The van der Waals surface area contributed by atoms with Crippen molar-refractivity contribution in [3.05, 3.63) is 11.9 Å². The first kappa shape index (κ1) is 18.0. The molecule has 1 atom stereocenters. The number of sulfone groups is 1. The first-order valence-corrected chi connectivity index (χ1v) is 9.01. The molecule has 1 N–H and O–H groups in total. The second-order valence-electron chi connectivity index (χ2n) is 6.00. The second-order valence-corrected chi connectivity index (χ2v) is 8.60. The van der Waals surface area contributed by atoms with Crippen LogP contribution in [0, 0.1) is 0 Å². The van der Waals surface area contributed by atoms with Crippen molar-refractivity contribution in [1.82, 2.24) is 15.1 Å². The average Bonchev–Trinajstić information content (AvgIpc) is 2.77. The number of hydrogen-bond donors (Lipinski definition) is 1. The Bertz CT molecular complexity index is 576. The van der Waals surface area contributed by atoms with E-state index in [1.807, 2.05) is 25.5 Å². The van der Waals surface area contributed by atoms with Crippen LogP contribution in [0.4, 0.5) is 0 Å². The lowest BCUT2D eigenvalue weighted by molar-refractivity contribution is 0.355. The third-order valence-corrected chi connectivity index (χ3v) is 5.99. The minimum Gasteiger partial charge on any atom is -0.493 e. The normalized spacial score (nSPS) is 14.5. The minimum absolute atomic E-state index is 0.111. The highest BCUT2D eigenvalue weighted by Crippen LogP contribution is 2.37. The molecule has 0 bridgehead atoms. The zero-order chi connectivity index (χ0) is 16.4. The summed E-state index contributed by atoms with van der Waals surface area (Å²) in [5, 5.41) is 7.62. The highest BCUT2D eigenvalue weighted by molar-refractivity contribution is 7.92. The van der Waals surface area contributed by atoms with E-state index in [1.165, 1.54) is 6.26 Å². The molecule has 0 spiro atoms. The van der Waals surface area contributed by atoms with Gasteiger partial charge in [-0.15, -0.1) is 0 Å². The number of methoxy groups -OCH3 is 1. The topological polar surface area (TPSA) is 73.2 Å². The molecule has 0 aliphatic rings. The highest BCUT2D eigenvalue weighted by atomic mass is 32.2. The number of aromatic nitrogens is 2. The number of nitrogens with zero attached hydrogens (tertiary/aromatic N) is 2. The van der Waals surface area contributed by atoms with E-state index in [1.54, 1.807) is 27.2 Å². The van der Waals surface area contributed by atoms with Crippen molar-refractivity contribution in [2.45, 2.75) is 51.4 Å². The monoisotopic (exact) mass is 317 g/mol. The molecule has 0 aromatic carbocycles. The molecule has 1 heterocycles. The molecule has 1 unspecified atom stereocenters. The molecule has 1 rings (SSSR count). The van der Waals surface area contributed by atoms with Gasteiger partial charge in [0.15, 0.2) is 15.6 Å². The Hall–Kier alpha value is -1.08. The molecule has 1 aromatic heterocycles. The van der Waals surface area contributed by atoms with Crippen LogP contribution in [0.2, 0.25) is 0 Å². The van der Waals surface area contributed by atoms with Gasteiger partial charge in [0, 0.05) is 12.3 Å². The van der Waals surface area contributed by atoms with Crippen LogP contribution in [-0.2, 0) is 9.84 Å². The van der Waals surface area contributed by atoms with Gasteiger partial charge in [-0.1, -0.05) is 6.92 Å². The maximum absolute atomic E-state index is 12.2. The van der Waals surface area contributed by atoms with Gasteiger partial charge in [0.1, 0.15) is 0 Å². The van der Waals surface area contributed by atoms with Gasteiger partial charge < -0.3 is 10.1 Å². The Labute approximate surface area is 127 Å². The van der Waals surface area contributed by atoms with Gasteiger partial charge in [0.05, 0.1) is 29.8 Å². The van der Waals surface area contributed by atoms with E-state index in [0.29, 0.717) is 12.3 Å². The maximum atomic E-state index is 12.2.